The lowest BCUT2D eigenvalue weighted by Gasteiger charge is -2.29. The predicted octanol–water partition coefficient (Wildman–Crippen LogP) is 4.60. The fraction of sp³-hybridized carbons (Fsp3) is 0.793. The van der Waals surface area contributed by atoms with Crippen molar-refractivity contribution in [3.8, 4) is 0 Å². The van der Waals surface area contributed by atoms with Crippen LogP contribution in [0.25, 0.3) is 0 Å². The van der Waals surface area contributed by atoms with Crippen LogP contribution < -0.4 is 26.6 Å². The lowest BCUT2D eigenvalue weighted by atomic mass is 9.87. The van der Waals surface area contributed by atoms with Gasteiger partial charge in [0.05, 0.1) is 5.92 Å². The molecule has 462 valence electrons. The molecule has 1 heterocycles. The third kappa shape index (κ3) is 24.1. The van der Waals surface area contributed by atoms with Crippen molar-refractivity contribution >= 4 is 71.1 Å². The molecule has 5 amide bonds. The number of carbonyl (C=O) groups excluding carboxylic acids is 12. The summed E-state index contributed by atoms with van der Waals surface area (Å²) < 4.78 is 34.2. The molecule has 12 atom stereocenters. The van der Waals surface area contributed by atoms with Crippen molar-refractivity contribution in [2.75, 3.05) is 0 Å². The Kier molecular flexibility index (Phi) is 30.3. The van der Waals surface area contributed by atoms with Gasteiger partial charge < -0.3 is 55.0 Å². The molecule has 0 aliphatic carbocycles. The first-order valence-electron chi connectivity index (χ1n) is 28.6. The molecule has 1 rings (SSSR count). The maximum Gasteiger partial charge on any atom is 0.329 e. The molecule has 0 unspecified atom stereocenters. The van der Waals surface area contributed by atoms with Gasteiger partial charge >= 0.3 is 35.8 Å². The van der Waals surface area contributed by atoms with Crippen molar-refractivity contribution in [1.82, 2.24) is 26.6 Å². The summed E-state index contributed by atoms with van der Waals surface area (Å²) in [5, 5.41) is 12.6. The summed E-state index contributed by atoms with van der Waals surface area (Å²) in [5.41, 5.74) is 0. The van der Waals surface area contributed by atoms with Gasteiger partial charge in [0.1, 0.15) is 30.2 Å². The van der Waals surface area contributed by atoms with E-state index in [2.05, 4.69) is 26.6 Å². The number of hydrogen-bond acceptors (Lipinski definition) is 18. The van der Waals surface area contributed by atoms with E-state index in [-0.39, 0.29) is 37.0 Å². The van der Waals surface area contributed by atoms with E-state index in [1.165, 1.54) is 20.8 Å². The Balaban J connectivity index is 3.93. The molecule has 0 spiro atoms. The molecular weight excluding hydrogens is 1050 g/mol. The Bertz CT molecular complexity index is 1950. The van der Waals surface area contributed by atoms with Gasteiger partial charge in [0.2, 0.25) is 0 Å². The van der Waals surface area contributed by atoms with E-state index in [1.54, 1.807) is 125 Å². The predicted molar refractivity (Wildman–Crippen MR) is 296 cm³/mol. The molecule has 1 aliphatic rings. The summed E-state index contributed by atoms with van der Waals surface area (Å²) in [7, 11) is 0. The van der Waals surface area contributed by atoms with Crippen LogP contribution in [0.15, 0.2) is 0 Å². The molecule has 1 saturated heterocycles. The number of rotatable bonds is 12. The highest BCUT2D eigenvalue weighted by atomic mass is 16.6. The van der Waals surface area contributed by atoms with Crippen LogP contribution in [0.1, 0.15) is 171 Å². The van der Waals surface area contributed by atoms with Crippen LogP contribution in [0.2, 0.25) is 0 Å². The fourth-order valence-corrected chi connectivity index (χ4v) is 8.29. The van der Waals surface area contributed by atoms with Crippen LogP contribution in [0, 0.1) is 59.2 Å². The van der Waals surface area contributed by atoms with E-state index in [0.717, 1.165) is 0 Å². The maximum atomic E-state index is 14.0. The summed E-state index contributed by atoms with van der Waals surface area (Å²) in [6.45, 7) is 33.8. The minimum Gasteiger partial charge on any atom is -0.453 e. The van der Waals surface area contributed by atoms with Crippen molar-refractivity contribution in [1.29, 1.82) is 0 Å². The Morgan fingerprint density at radius 3 is 0.840 bits per heavy atom. The molecule has 1 fully saturated rings. The monoisotopic (exact) mass is 1150 g/mol. The molecular formula is C58H97N5O18. The molecule has 1 aliphatic heterocycles. The van der Waals surface area contributed by atoms with Gasteiger partial charge in [-0.3, -0.25) is 33.6 Å². The highest BCUT2D eigenvalue weighted by molar-refractivity contribution is 5.95. The van der Waals surface area contributed by atoms with Gasteiger partial charge in [-0.15, -0.1) is 0 Å². The van der Waals surface area contributed by atoms with Gasteiger partial charge in [-0.05, 0) is 93.3 Å². The number of ether oxygens (including phenoxy) is 6. The second-order valence-corrected chi connectivity index (χ2v) is 24.6. The van der Waals surface area contributed by atoms with Crippen LogP contribution >= 0.6 is 0 Å². The van der Waals surface area contributed by atoms with E-state index >= 15 is 0 Å². The number of esters is 6. The van der Waals surface area contributed by atoms with Crippen molar-refractivity contribution in [3.63, 3.8) is 0 Å². The number of cyclic esters (lactones) is 6. The molecule has 0 bridgehead atoms. The molecule has 5 N–H and O–H groups in total. The van der Waals surface area contributed by atoms with Gasteiger partial charge in [0.25, 0.3) is 29.5 Å². The van der Waals surface area contributed by atoms with E-state index in [1.807, 2.05) is 0 Å². The standard InChI is InChI=1S/C58H97N5O18/c1-26(2)22-40-48(65)60-36(20)54(71)80-46(33(15)16)51(68)63-44(31(11)12)58(75)78-42(24-28(5)6)50(67)61-37(21)55(72)81-47(34(17)18)52(69)62-43(30(9)10)57(74)77-41(23-27(3)4)49(66)59-35(19)53(70)79-45(32(13)14)39(64)25-38(29(7)8)56(73)76-40/h26-38,40-47H,22-25H2,1-21H3,(H,59,66)(H,60,65)(H,61,67)(H,62,69)(H,63,68)/t35-,36-,37-,38+,40-,41-,42-,43+,44+,45+,46+,47+/m1/s1. The van der Waals surface area contributed by atoms with Crippen LogP contribution in [-0.2, 0) is 86.0 Å². The average Bonchev–Trinajstić information content (AvgIpc) is 3.33. The third-order valence-corrected chi connectivity index (χ3v) is 13.2. The van der Waals surface area contributed by atoms with E-state index < -0.39 is 186 Å². The molecule has 0 aromatic carbocycles. The lowest BCUT2D eigenvalue weighted by molar-refractivity contribution is -0.167. The van der Waals surface area contributed by atoms with Crippen LogP contribution in [0.5, 0.6) is 0 Å². The van der Waals surface area contributed by atoms with Gasteiger partial charge in [-0.1, -0.05) is 125 Å². The number of ketones is 1. The summed E-state index contributed by atoms with van der Waals surface area (Å²) in [5.74, 6) is -16.9. The Morgan fingerprint density at radius 1 is 0.321 bits per heavy atom. The molecule has 0 aromatic rings. The molecule has 0 saturated carbocycles. The normalized spacial score (nSPS) is 28.3. The Morgan fingerprint density at radius 2 is 0.593 bits per heavy atom. The lowest BCUT2D eigenvalue weighted by Crippen LogP contribution is -2.55. The third-order valence-electron chi connectivity index (χ3n) is 13.2. The Labute approximate surface area is 479 Å². The highest BCUT2D eigenvalue weighted by Crippen LogP contribution is 2.25. The molecule has 0 aromatic heterocycles. The average molecular weight is 1150 g/mol. The molecule has 81 heavy (non-hydrogen) atoms. The van der Waals surface area contributed by atoms with Gasteiger partial charge in [0, 0.05) is 6.42 Å². The van der Waals surface area contributed by atoms with E-state index in [9.17, 15) is 57.5 Å². The molecule has 23 nitrogen and oxygen atoms in total. The van der Waals surface area contributed by atoms with Crippen LogP contribution in [0.4, 0.5) is 0 Å². The number of hydrogen-bond donors (Lipinski definition) is 5. The van der Waals surface area contributed by atoms with Gasteiger partial charge in [-0.25, -0.2) is 24.0 Å². The number of amides is 5. The van der Waals surface area contributed by atoms with Crippen molar-refractivity contribution in [3.05, 3.63) is 0 Å². The first-order valence-corrected chi connectivity index (χ1v) is 28.6. The minimum absolute atomic E-state index is 0.00623. The van der Waals surface area contributed by atoms with Gasteiger partial charge in [0.15, 0.2) is 42.4 Å². The smallest absolute Gasteiger partial charge is 0.329 e. The van der Waals surface area contributed by atoms with Crippen LogP contribution in [0.3, 0.4) is 0 Å². The highest BCUT2D eigenvalue weighted by Gasteiger charge is 2.41. The maximum absolute atomic E-state index is 14.0. The summed E-state index contributed by atoms with van der Waals surface area (Å²) in [6, 6.07) is -7.00. The van der Waals surface area contributed by atoms with E-state index in [4.69, 9.17) is 28.4 Å². The number of carbonyl (C=O) groups is 12. The van der Waals surface area contributed by atoms with Crippen molar-refractivity contribution < 1.29 is 86.0 Å². The first kappa shape index (κ1) is 72.9. The zero-order valence-corrected chi connectivity index (χ0v) is 51.8. The van der Waals surface area contributed by atoms with Crippen molar-refractivity contribution in [2.24, 2.45) is 59.2 Å². The summed E-state index contributed by atoms with van der Waals surface area (Å²) in [4.78, 5) is 166. The Hall–Kier alpha value is -6.16. The van der Waals surface area contributed by atoms with Crippen molar-refractivity contribution in [2.45, 2.75) is 238 Å². The largest absolute Gasteiger partial charge is 0.453 e. The quantitative estimate of drug-likeness (QED) is 0.132. The minimum atomic E-state index is -1.52. The SMILES string of the molecule is CC(C)C[C@H]1OC(=O)[C@H](C(C)C)CC(=O)[C@H](C(C)C)OC(=O)[C@@H](C)NC(=O)[C@@H](CC(C)C)OC(=O)[C@H](C(C)C)NC(=O)[C@H](C(C)C)OC(=O)[C@@H](C)NC(=O)[C@@H](CC(C)C)OC(=O)[C@H](C(C)C)NC(=O)[C@H](C(C)C)OC(=O)[C@@H](C)NC1=O. The van der Waals surface area contributed by atoms with E-state index in [0.29, 0.717) is 0 Å². The fourth-order valence-electron chi connectivity index (χ4n) is 8.29. The second-order valence-electron chi connectivity index (χ2n) is 24.6. The zero-order chi connectivity index (χ0) is 62.7. The molecule has 23 heteroatoms. The number of nitrogens with one attached hydrogen (secondary N) is 5. The van der Waals surface area contributed by atoms with Crippen LogP contribution in [-0.4, -0.2) is 138 Å². The summed E-state index contributed by atoms with van der Waals surface area (Å²) in [6.07, 6.45) is -9.44. The first-order chi connectivity index (χ1) is 37.3. The zero-order valence-electron chi connectivity index (χ0n) is 51.8. The topological polar surface area (TPSA) is 320 Å². The van der Waals surface area contributed by atoms with Gasteiger partial charge in [-0.2, -0.15) is 0 Å². The number of Topliss-reactive ketones (excluding diaryl/α,β-unsaturated/α-hetero) is 1. The second kappa shape index (κ2) is 33.7. The summed E-state index contributed by atoms with van der Waals surface area (Å²) >= 11 is 0. The molecule has 0 radical (unpaired) electrons.